The van der Waals surface area contributed by atoms with Gasteiger partial charge in [-0.25, -0.2) is 18.1 Å². The van der Waals surface area contributed by atoms with E-state index in [0.717, 1.165) is 25.5 Å². The Labute approximate surface area is 232 Å². The molecule has 0 radical (unpaired) electrons. The van der Waals surface area contributed by atoms with Gasteiger partial charge in [0.1, 0.15) is 6.04 Å². The van der Waals surface area contributed by atoms with Crippen LogP contribution in [0.4, 0.5) is 5.69 Å². The SMILES string of the molecule is CCOC(=O)c1ccc(N2C(=O)CC(N(Cc3ccc(C)cc3)S(=O)(=O)c3ccc4ccccc4c3)C2=O)cc1. The Balaban J connectivity index is 1.52. The van der Waals surface area contributed by atoms with Crippen LogP contribution >= 0.6 is 0 Å². The number of carbonyl (C=O) groups is 3. The fourth-order valence-corrected chi connectivity index (χ4v) is 6.38. The van der Waals surface area contributed by atoms with Crippen molar-refractivity contribution in [1.29, 1.82) is 0 Å². The average molecular weight is 557 g/mol. The fraction of sp³-hybridized carbons (Fsp3) is 0.194. The first kappa shape index (κ1) is 27.2. The number of sulfonamides is 1. The van der Waals surface area contributed by atoms with Crippen molar-refractivity contribution in [2.75, 3.05) is 11.5 Å². The van der Waals surface area contributed by atoms with Gasteiger partial charge in [-0.2, -0.15) is 4.31 Å². The molecule has 9 heteroatoms. The summed E-state index contributed by atoms with van der Waals surface area (Å²) in [7, 11) is -4.20. The molecule has 8 nitrogen and oxygen atoms in total. The van der Waals surface area contributed by atoms with Crippen molar-refractivity contribution in [2.45, 2.75) is 37.8 Å². The third-order valence-corrected chi connectivity index (χ3v) is 8.74. The van der Waals surface area contributed by atoms with Gasteiger partial charge in [-0.1, -0.05) is 60.2 Å². The maximum atomic E-state index is 14.1. The van der Waals surface area contributed by atoms with E-state index in [1.54, 1.807) is 19.1 Å². The number of benzene rings is 4. The van der Waals surface area contributed by atoms with E-state index in [4.69, 9.17) is 4.74 Å². The number of imide groups is 1. The van der Waals surface area contributed by atoms with Gasteiger partial charge in [0.2, 0.25) is 15.9 Å². The Morgan fingerprint density at radius 1 is 0.925 bits per heavy atom. The van der Waals surface area contributed by atoms with Crippen LogP contribution in [-0.2, 0) is 30.9 Å². The van der Waals surface area contributed by atoms with E-state index in [-0.39, 0.29) is 35.7 Å². The molecule has 1 aliphatic heterocycles. The van der Waals surface area contributed by atoms with Crippen molar-refractivity contribution in [3.8, 4) is 0 Å². The van der Waals surface area contributed by atoms with Gasteiger partial charge in [0.15, 0.2) is 0 Å². The predicted octanol–water partition coefficient (Wildman–Crippen LogP) is 4.85. The van der Waals surface area contributed by atoms with Crippen LogP contribution in [0.1, 0.15) is 34.8 Å². The molecule has 1 unspecified atom stereocenters. The molecule has 0 saturated carbocycles. The number of hydrogen-bond acceptors (Lipinski definition) is 6. The lowest BCUT2D eigenvalue weighted by atomic mass is 10.1. The molecule has 0 N–H and O–H groups in total. The Bertz CT molecular complexity index is 1700. The van der Waals surface area contributed by atoms with Crippen LogP contribution in [0.2, 0.25) is 0 Å². The number of nitrogens with zero attached hydrogens (tertiary/aromatic N) is 2. The lowest BCUT2D eigenvalue weighted by Gasteiger charge is -2.27. The van der Waals surface area contributed by atoms with Crippen LogP contribution in [0.15, 0.2) is 95.9 Å². The lowest BCUT2D eigenvalue weighted by Crippen LogP contribution is -2.45. The highest BCUT2D eigenvalue weighted by atomic mass is 32.2. The number of rotatable bonds is 8. The van der Waals surface area contributed by atoms with Crippen LogP contribution in [0, 0.1) is 6.92 Å². The molecule has 1 saturated heterocycles. The van der Waals surface area contributed by atoms with Gasteiger partial charge in [0.25, 0.3) is 5.91 Å². The summed E-state index contributed by atoms with van der Waals surface area (Å²) in [5.41, 5.74) is 2.23. The Kier molecular flexibility index (Phi) is 7.51. The number of aryl methyl sites for hydroxylation is 1. The third-order valence-electron chi connectivity index (χ3n) is 6.89. The molecular weight excluding hydrogens is 528 g/mol. The van der Waals surface area contributed by atoms with E-state index < -0.39 is 33.8 Å². The van der Waals surface area contributed by atoms with E-state index in [0.29, 0.717) is 5.56 Å². The van der Waals surface area contributed by atoms with E-state index in [2.05, 4.69) is 0 Å². The minimum atomic E-state index is -4.20. The number of esters is 1. The highest BCUT2D eigenvalue weighted by Crippen LogP contribution is 2.32. The summed E-state index contributed by atoms with van der Waals surface area (Å²) in [5.74, 6) is -1.69. The van der Waals surface area contributed by atoms with Crippen LogP contribution in [0.3, 0.4) is 0 Å². The number of fused-ring (bicyclic) bond motifs is 1. The van der Waals surface area contributed by atoms with Crippen molar-refractivity contribution >= 4 is 44.3 Å². The zero-order valence-electron chi connectivity index (χ0n) is 22.1. The summed E-state index contributed by atoms with van der Waals surface area (Å²) >= 11 is 0. The predicted molar refractivity (Wildman–Crippen MR) is 151 cm³/mol. The largest absolute Gasteiger partial charge is 0.462 e. The van der Waals surface area contributed by atoms with Crippen molar-refractivity contribution in [2.24, 2.45) is 0 Å². The smallest absolute Gasteiger partial charge is 0.338 e. The standard InChI is InChI=1S/C31H28N2O6S/c1-3-39-31(36)24-12-15-26(16-13-24)33-29(34)19-28(30(33)35)32(20-22-10-8-21(2)9-11-22)40(37,38)27-17-14-23-6-4-5-7-25(23)18-27/h4-18,28H,3,19-20H2,1-2H3. The summed E-state index contributed by atoms with van der Waals surface area (Å²) in [5, 5.41) is 1.63. The number of carbonyl (C=O) groups excluding carboxylic acids is 3. The lowest BCUT2D eigenvalue weighted by molar-refractivity contribution is -0.122. The second kappa shape index (κ2) is 11.0. The highest BCUT2D eigenvalue weighted by molar-refractivity contribution is 7.89. The van der Waals surface area contributed by atoms with Gasteiger partial charge in [-0.15, -0.1) is 0 Å². The summed E-state index contributed by atoms with van der Waals surface area (Å²) in [6, 6.07) is 24.3. The first-order valence-electron chi connectivity index (χ1n) is 12.9. The van der Waals surface area contributed by atoms with Gasteiger partial charge in [0, 0.05) is 6.54 Å². The van der Waals surface area contributed by atoms with Crippen molar-refractivity contribution in [1.82, 2.24) is 4.31 Å². The number of ether oxygens (including phenoxy) is 1. The summed E-state index contributed by atoms with van der Waals surface area (Å²) in [4.78, 5) is 39.9. The summed E-state index contributed by atoms with van der Waals surface area (Å²) in [6.45, 7) is 3.75. The number of amides is 2. The van der Waals surface area contributed by atoms with E-state index in [1.807, 2.05) is 55.5 Å². The van der Waals surface area contributed by atoms with E-state index in [1.165, 1.54) is 30.3 Å². The first-order valence-corrected chi connectivity index (χ1v) is 14.3. The molecule has 4 aromatic carbocycles. The zero-order chi connectivity index (χ0) is 28.4. The highest BCUT2D eigenvalue weighted by Gasteiger charge is 2.47. The molecule has 5 rings (SSSR count). The molecule has 40 heavy (non-hydrogen) atoms. The zero-order valence-corrected chi connectivity index (χ0v) is 22.9. The maximum absolute atomic E-state index is 14.1. The van der Waals surface area contributed by atoms with E-state index in [9.17, 15) is 22.8 Å². The maximum Gasteiger partial charge on any atom is 0.338 e. The normalized spacial score (nSPS) is 15.7. The minimum Gasteiger partial charge on any atom is -0.462 e. The summed E-state index contributed by atoms with van der Waals surface area (Å²) < 4.78 is 34.3. The van der Waals surface area contributed by atoms with Crippen molar-refractivity contribution < 1.29 is 27.5 Å². The molecule has 1 fully saturated rings. The van der Waals surface area contributed by atoms with Crippen molar-refractivity contribution in [3.05, 3.63) is 108 Å². The number of hydrogen-bond donors (Lipinski definition) is 0. The van der Waals surface area contributed by atoms with E-state index >= 15 is 0 Å². The second-order valence-electron chi connectivity index (χ2n) is 9.60. The van der Waals surface area contributed by atoms with Gasteiger partial charge in [0.05, 0.1) is 29.2 Å². The second-order valence-corrected chi connectivity index (χ2v) is 11.5. The molecule has 1 atom stereocenters. The Morgan fingerprint density at radius 3 is 2.27 bits per heavy atom. The third kappa shape index (κ3) is 5.25. The van der Waals surface area contributed by atoms with Gasteiger partial charge in [-0.05, 0) is 66.6 Å². The molecule has 0 bridgehead atoms. The topological polar surface area (TPSA) is 101 Å². The molecule has 0 aromatic heterocycles. The first-order chi connectivity index (χ1) is 19.2. The van der Waals surface area contributed by atoms with Crippen LogP contribution in [0.5, 0.6) is 0 Å². The van der Waals surface area contributed by atoms with Gasteiger partial charge < -0.3 is 4.74 Å². The molecule has 2 amide bonds. The number of anilines is 1. The molecule has 0 aliphatic carbocycles. The fourth-order valence-electron chi connectivity index (χ4n) is 4.77. The molecule has 1 aliphatic rings. The monoisotopic (exact) mass is 556 g/mol. The molecular formula is C31H28N2O6S. The van der Waals surface area contributed by atoms with Crippen LogP contribution in [0.25, 0.3) is 10.8 Å². The molecule has 4 aromatic rings. The molecule has 204 valence electrons. The molecule has 1 heterocycles. The summed E-state index contributed by atoms with van der Waals surface area (Å²) in [6.07, 6.45) is -0.308. The minimum absolute atomic E-state index is 0.0378. The van der Waals surface area contributed by atoms with Crippen LogP contribution in [-0.4, -0.2) is 43.2 Å². The Hall–Kier alpha value is -4.34. The Morgan fingerprint density at radius 2 is 1.60 bits per heavy atom. The van der Waals surface area contributed by atoms with Gasteiger partial charge in [-0.3, -0.25) is 9.59 Å². The quantitative estimate of drug-likeness (QED) is 0.227. The van der Waals surface area contributed by atoms with Crippen LogP contribution < -0.4 is 4.90 Å². The van der Waals surface area contributed by atoms with Gasteiger partial charge >= 0.3 is 5.97 Å². The average Bonchev–Trinajstić information content (AvgIpc) is 3.25. The van der Waals surface area contributed by atoms with Crippen molar-refractivity contribution in [3.63, 3.8) is 0 Å². The molecule has 0 spiro atoms.